The summed E-state index contributed by atoms with van der Waals surface area (Å²) in [5.41, 5.74) is 0.399. The molecule has 4 heteroatoms. The molecule has 0 aliphatic carbocycles. The SMILES string of the molecule is CCOC(=O)[C@@H](C)C(=O)c1ccccc1OC. The Morgan fingerprint density at radius 1 is 1.29 bits per heavy atom. The minimum atomic E-state index is -0.814. The number of hydrogen-bond donors (Lipinski definition) is 0. The number of hydrogen-bond acceptors (Lipinski definition) is 4. The van der Waals surface area contributed by atoms with Gasteiger partial charge < -0.3 is 9.47 Å². The van der Waals surface area contributed by atoms with Crippen molar-refractivity contribution in [2.75, 3.05) is 13.7 Å². The lowest BCUT2D eigenvalue weighted by molar-refractivity contribution is -0.145. The summed E-state index contributed by atoms with van der Waals surface area (Å²) in [6.07, 6.45) is 0. The maximum atomic E-state index is 12.1. The number of ether oxygens (including phenoxy) is 2. The molecule has 0 amide bonds. The van der Waals surface area contributed by atoms with Gasteiger partial charge in [0.05, 0.1) is 19.3 Å². The summed E-state index contributed by atoms with van der Waals surface area (Å²) in [5.74, 6) is -1.15. The molecular formula is C13H16O4. The molecule has 0 bridgehead atoms. The number of esters is 1. The molecular weight excluding hydrogens is 220 g/mol. The van der Waals surface area contributed by atoms with E-state index in [1.807, 2.05) is 0 Å². The van der Waals surface area contributed by atoms with Gasteiger partial charge in [0.15, 0.2) is 5.78 Å². The summed E-state index contributed by atoms with van der Waals surface area (Å²) in [4.78, 5) is 23.5. The molecule has 1 atom stereocenters. The summed E-state index contributed by atoms with van der Waals surface area (Å²) in [7, 11) is 1.49. The van der Waals surface area contributed by atoms with Gasteiger partial charge in [-0.25, -0.2) is 0 Å². The van der Waals surface area contributed by atoms with E-state index in [2.05, 4.69) is 0 Å². The zero-order chi connectivity index (χ0) is 12.8. The van der Waals surface area contributed by atoms with Crippen molar-refractivity contribution in [3.63, 3.8) is 0 Å². The number of carbonyl (C=O) groups excluding carboxylic acids is 2. The fourth-order valence-corrected chi connectivity index (χ4v) is 1.46. The maximum absolute atomic E-state index is 12.1. The fraction of sp³-hybridized carbons (Fsp3) is 0.385. The predicted molar refractivity (Wildman–Crippen MR) is 63.1 cm³/mol. The number of methoxy groups -OCH3 is 1. The zero-order valence-electron chi connectivity index (χ0n) is 10.2. The van der Waals surface area contributed by atoms with Gasteiger partial charge in [-0.1, -0.05) is 12.1 Å². The fourth-order valence-electron chi connectivity index (χ4n) is 1.46. The number of para-hydroxylation sites is 1. The van der Waals surface area contributed by atoms with Crippen molar-refractivity contribution >= 4 is 11.8 Å². The Kier molecular flexibility index (Phi) is 4.69. The van der Waals surface area contributed by atoms with Crippen LogP contribution in [0, 0.1) is 5.92 Å². The van der Waals surface area contributed by atoms with Crippen molar-refractivity contribution < 1.29 is 19.1 Å². The first-order valence-corrected chi connectivity index (χ1v) is 5.45. The highest BCUT2D eigenvalue weighted by atomic mass is 16.5. The lowest BCUT2D eigenvalue weighted by Gasteiger charge is -2.11. The standard InChI is InChI=1S/C13H16O4/c1-4-17-13(15)9(2)12(14)10-7-5-6-8-11(10)16-3/h5-9H,4H2,1-3H3/t9-/m0/s1. The van der Waals surface area contributed by atoms with E-state index in [1.54, 1.807) is 31.2 Å². The minimum absolute atomic E-state index is 0.266. The van der Waals surface area contributed by atoms with Gasteiger partial charge in [0.2, 0.25) is 0 Å². The maximum Gasteiger partial charge on any atom is 0.316 e. The Morgan fingerprint density at radius 2 is 1.94 bits per heavy atom. The summed E-state index contributed by atoms with van der Waals surface area (Å²) in [5, 5.41) is 0. The van der Waals surface area contributed by atoms with Gasteiger partial charge >= 0.3 is 5.97 Å². The van der Waals surface area contributed by atoms with Crippen LogP contribution in [-0.2, 0) is 9.53 Å². The van der Waals surface area contributed by atoms with Crippen molar-refractivity contribution in [3.8, 4) is 5.75 Å². The summed E-state index contributed by atoms with van der Waals surface area (Å²) >= 11 is 0. The Hall–Kier alpha value is -1.84. The highest BCUT2D eigenvalue weighted by Gasteiger charge is 2.25. The van der Waals surface area contributed by atoms with Gasteiger partial charge in [-0.3, -0.25) is 9.59 Å². The van der Waals surface area contributed by atoms with E-state index in [1.165, 1.54) is 14.0 Å². The molecule has 0 radical (unpaired) electrons. The van der Waals surface area contributed by atoms with Crippen LogP contribution in [0.3, 0.4) is 0 Å². The number of rotatable bonds is 5. The van der Waals surface area contributed by atoms with Crippen molar-refractivity contribution in [2.24, 2.45) is 5.92 Å². The Labute approximate surface area is 101 Å². The lowest BCUT2D eigenvalue weighted by Crippen LogP contribution is -2.23. The molecule has 0 spiro atoms. The van der Waals surface area contributed by atoms with Crippen LogP contribution in [-0.4, -0.2) is 25.5 Å². The highest BCUT2D eigenvalue weighted by molar-refractivity contribution is 6.09. The molecule has 0 fully saturated rings. The summed E-state index contributed by atoms with van der Waals surface area (Å²) in [6, 6.07) is 6.82. The molecule has 92 valence electrons. The van der Waals surface area contributed by atoms with Gasteiger partial charge in [-0.05, 0) is 26.0 Å². The van der Waals surface area contributed by atoms with Crippen LogP contribution in [0.5, 0.6) is 5.75 Å². The second-order valence-electron chi connectivity index (χ2n) is 3.54. The smallest absolute Gasteiger partial charge is 0.316 e. The second-order valence-corrected chi connectivity index (χ2v) is 3.54. The molecule has 1 rings (SSSR count). The van der Waals surface area contributed by atoms with Crippen LogP contribution >= 0.6 is 0 Å². The van der Waals surface area contributed by atoms with E-state index >= 15 is 0 Å². The molecule has 0 saturated heterocycles. The van der Waals surface area contributed by atoms with E-state index in [-0.39, 0.29) is 12.4 Å². The van der Waals surface area contributed by atoms with E-state index in [0.717, 1.165) is 0 Å². The Morgan fingerprint density at radius 3 is 2.53 bits per heavy atom. The van der Waals surface area contributed by atoms with Gasteiger partial charge in [-0.15, -0.1) is 0 Å². The molecule has 0 aromatic heterocycles. The van der Waals surface area contributed by atoms with Crippen molar-refractivity contribution in [3.05, 3.63) is 29.8 Å². The molecule has 17 heavy (non-hydrogen) atoms. The zero-order valence-corrected chi connectivity index (χ0v) is 10.2. The van der Waals surface area contributed by atoms with Gasteiger partial charge in [0, 0.05) is 0 Å². The second kappa shape index (κ2) is 6.03. The molecule has 0 saturated carbocycles. The topological polar surface area (TPSA) is 52.6 Å². The number of ketones is 1. The van der Waals surface area contributed by atoms with Crippen molar-refractivity contribution in [1.82, 2.24) is 0 Å². The van der Waals surface area contributed by atoms with Gasteiger partial charge in [-0.2, -0.15) is 0 Å². The van der Waals surface area contributed by atoms with Gasteiger partial charge in [0.25, 0.3) is 0 Å². The van der Waals surface area contributed by atoms with Crippen molar-refractivity contribution in [1.29, 1.82) is 0 Å². The average molecular weight is 236 g/mol. The summed E-state index contributed by atoms with van der Waals surface area (Å²) < 4.78 is 9.90. The third-order valence-electron chi connectivity index (χ3n) is 2.41. The molecule has 0 N–H and O–H groups in total. The number of carbonyl (C=O) groups is 2. The normalized spacial score (nSPS) is 11.7. The summed E-state index contributed by atoms with van der Waals surface area (Å²) in [6.45, 7) is 3.51. The first kappa shape index (κ1) is 13.2. The first-order chi connectivity index (χ1) is 8.11. The monoisotopic (exact) mass is 236 g/mol. The molecule has 1 aromatic carbocycles. The van der Waals surface area contributed by atoms with Crippen LogP contribution in [0.25, 0.3) is 0 Å². The van der Waals surface area contributed by atoms with Crippen LogP contribution in [0.15, 0.2) is 24.3 Å². The Balaban J connectivity index is 2.92. The van der Waals surface area contributed by atoms with E-state index in [0.29, 0.717) is 11.3 Å². The van der Waals surface area contributed by atoms with Gasteiger partial charge in [0.1, 0.15) is 11.7 Å². The molecule has 0 aliphatic rings. The van der Waals surface area contributed by atoms with Crippen molar-refractivity contribution in [2.45, 2.75) is 13.8 Å². The van der Waals surface area contributed by atoms with E-state index < -0.39 is 11.9 Å². The number of Topliss-reactive ketones (excluding diaryl/α,β-unsaturated/α-hetero) is 1. The van der Waals surface area contributed by atoms with Crippen LogP contribution < -0.4 is 4.74 Å². The average Bonchev–Trinajstić information content (AvgIpc) is 2.37. The number of benzene rings is 1. The van der Waals surface area contributed by atoms with E-state index in [4.69, 9.17) is 9.47 Å². The molecule has 0 unspecified atom stereocenters. The van der Waals surface area contributed by atoms with Crippen LogP contribution in [0.4, 0.5) is 0 Å². The third kappa shape index (κ3) is 3.06. The predicted octanol–water partition coefficient (Wildman–Crippen LogP) is 2.08. The first-order valence-electron chi connectivity index (χ1n) is 5.45. The third-order valence-corrected chi connectivity index (χ3v) is 2.41. The van der Waals surface area contributed by atoms with Crippen LogP contribution in [0.2, 0.25) is 0 Å². The highest BCUT2D eigenvalue weighted by Crippen LogP contribution is 2.21. The minimum Gasteiger partial charge on any atom is -0.496 e. The lowest BCUT2D eigenvalue weighted by atomic mass is 9.99. The quantitative estimate of drug-likeness (QED) is 0.446. The molecule has 1 aromatic rings. The molecule has 0 heterocycles. The van der Waals surface area contributed by atoms with Crippen LogP contribution in [0.1, 0.15) is 24.2 Å². The van der Waals surface area contributed by atoms with E-state index in [9.17, 15) is 9.59 Å². The molecule has 4 nitrogen and oxygen atoms in total. The Bertz CT molecular complexity index is 412. The molecule has 0 aliphatic heterocycles. The largest absolute Gasteiger partial charge is 0.496 e.